The van der Waals surface area contributed by atoms with Crippen molar-refractivity contribution in [3.63, 3.8) is 0 Å². The lowest BCUT2D eigenvalue weighted by molar-refractivity contribution is 0.108. The van der Waals surface area contributed by atoms with Crippen molar-refractivity contribution in [1.82, 2.24) is 24.3 Å². The minimum absolute atomic E-state index is 0.00000509. The number of carbonyl (C=O) groups excluding carboxylic acids is 1. The Morgan fingerprint density at radius 1 is 0.949 bits per heavy atom. The Morgan fingerprint density at radius 3 is 2.36 bits per heavy atom. The average molecular weight is 527 g/mol. The van der Waals surface area contributed by atoms with Gasteiger partial charge < -0.3 is 15.0 Å². The van der Waals surface area contributed by atoms with Crippen molar-refractivity contribution in [2.75, 3.05) is 31.5 Å². The molecule has 0 bridgehead atoms. The third-order valence-corrected chi connectivity index (χ3v) is 6.99. The van der Waals surface area contributed by atoms with Gasteiger partial charge in [-0.05, 0) is 50.1 Å². The molecule has 0 radical (unpaired) electrons. The number of anilines is 1. The quantitative estimate of drug-likeness (QED) is 0.368. The topological polar surface area (TPSA) is 92.6 Å². The van der Waals surface area contributed by atoms with Gasteiger partial charge in [0.1, 0.15) is 11.4 Å². The van der Waals surface area contributed by atoms with Crippen molar-refractivity contribution in [1.29, 1.82) is 0 Å². The fourth-order valence-electron chi connectivity index (χ4n) is 4.80. The largest absolute Gasteiger partial charge is 0.415 e. The number of fused-ring (bicyclic) bond motifs is 1. The van der Waals surface area contributed by atoms with Crippen molar-refractivity contribution in [2.24, 2.45) is 0 Å². The fourth-order valence-corrected chi connectivity index (χ4v) is 4.80. The van der Waals surface area contributed by atoms with Crippen molar-refractivity contribution < 1.29 is 9.53 Å². The number of para-hydroxylation sites is 1. The van der Waals surface area contributed by atoms with Gasteiger partial charge in [0.25, 0.3) is 5.56 Å². The van der Waals surface area contributed by atoms with E-state index in [2.05, 4.69) is 51.4 Å². The van der Waals surface area contributed by atoms with Crippen LogP contribution in [-0.4, -0.2) is 56.6 Å². The second-order valence-electron chi connectivity index (χ2n) is 10.2. The monoisotopic (exact) mass is 526 g/mol. The van der Waals surface area contributed by atoms with Gasteiger partial charge in [-0.25, -0.2) is 9.78 Å². The predicted octanol–water partition coefficient (Wildman–Crippen LogP) is 4.86. The highest BCUT2D eigenvalue weighted by molar-refractivity contribution is 5.75. The summed E-state index contributed by atoms with van der Waals surface area (Å²) in [4.78, 5) is 38.0. The van der Waals surface area contributed by atoms with Crippen LogP contribution in [0.5, 0.6) is 5.75 Å². The summed E-state index contributed by atoms with van der Waals surface area (Å²) in [5.41, 5.74) is 2.89. The fraction of sp³-hybridized carbons (Fsp3) is 0.333. The molecule has 1 amide bonds. The number of benzene rings is 2. The molecule has 1 atom stereocenters. The highest BCUT2D eigenvalue weighted by atomic mass is 16.6. The van der Waals surface area contributed by atoms with Crippen molar-refractivity contribution in [2.45, 2.75) is 39.4 Å². The van der Waals surface area contributed by atoms with E-state index in [0.29, 0.717) is 30.4 Å². The lowest BCUT2D eigenvalue weighted by Crippen LogP contribution is -2.49. The van der Waals surface area contributed by atoms with Crippen LogP contribution in [0.1, 0.15) is 44.0 Å². The number of rotatable bonds is 7. The Morgan fingerprint density at radius 2 is 1.67 bits per heavy atom. The molecule has 1 saturated heterocycles. The summed E-state index contributed by atoms with van der Waals surface area (Å²) in [6.45, 7) is 9.71. The van der Waals surface area contributed by atoms with Gasteiger partial charge in [-0.15, -0.1) is 0 Å². The van der Waals surface area contributed by atoms with Gasteiger partial charge >= 0.3 is 6.09 Å². The molecular formula is C30H34N6O3. The molecule has 39 heavy (non-hydrogen) atoms. The number of nitrogens with one attached hydrogen (secondary N) is 1. The first-order valence-electron chi connectivity index (χ1n) is 13.4. The second kappa shape index (κ2) is 11.7. The van der Waals surface area contributed by atoms with E-state index >= 15 is 0 Å². The van der Waals surface area contributed by atoms with Crippen LogP contribution >= 0.6 is 0 Å². The summed E-state index contributed by atoms with van der Waals surface area (Å²) >= 11 is 0. The van der Waals surface area contributed by atoms with Crippen LogP contribution in [0.3, 0.4) is 0 Å². The number of carbonyl (C=O) groups is 1. The number of piperazine rings is 1. The Bertz CT molecular complexity index is 1480. The number of hydrogen-bond donors (Lipinski definition) is 1. The van der Waals surface area contributed by atoms with Gasteiger partial charge in [-0.2, -0.15) is 4.98 Å². The van der Waals surface area contributed by atoms with Crippen LogP contribution in [0, 0.1) is 0 Å². The third-order valence-electron chi connectivity index (χ3n) is 6.99. The summed E-state index contributed by atoms with van der Waals surface area (Å²) in [5, 5.41) is 4.21. The maximum Gasteiger partial charge on any atom is 0.415 e. The molecule has 0 unspecified atom stereocenters. The Kier molecular flexibility index (Phi) is 7.88. The molecule has 0 saturated carbocycles. The van der Waals surface area contributed by atoms with Crippen molar-refractivity contribution in [3.8, 4) is 5.75 Å². The first-order chi connectivity index (χ1) is 18.9. The van der Waals surface area contributed by atoms with Crippen molar-refractivity contribution in [3.05, 3.63) is 94.4 Å². The summed E-state index contributed by atoms with van der Waals surface area (Å²) in [6.07, 6.45) is 1.45. The Balaban J connectivity index is 1.16. The molecule has 4 aromatic rings. The molecule has 1 N–H and O–H groups in total. The summed E-state index contributed by atoms with van der Waals surface area (Å²) in [6, 6.07) is 21.0. The zero-order valence-electron chi connectivity index (χ0n) is 22.6. The van der Waals surface area contributed by atoms with Gasteiger partial charge in [0.05, 0.1) is 6.04 Å². The summed E-state index contributed by atoms with van der Waals surface area (Å²) in [7, 11) is 0. The van der Waals surface area contributed by atoms with Crippen LogP contribution in [0.2, 0.25) is 0 Å². The number of hydrogen-bond acceptors (Lipinski definition) is 7. The highest BCUT2D eigenvalue weighted by Gasteiger charge is 2.22. The first-order valence-corrected chi connectivity index (χ1v) is 13.4. The minimum atomic E-state index is -0.297. The van der Waals surface area contributed by atoms with Crippen LogP contribution in [0.25, 0.3) is 11.0 Å². The second-order valence-corrected chi connectivity index (χ2v) is 10.2. The zero-order chi connectivity index (χ0) is 27.4. The van der Waals surface area contributed by atoms with Crippen LogP contribution in [0.15, 0.2) is 77.7 Å². The molecule has 1 aliphatic rings. The summed E-state index contributed by atoms with van der Waals surface area (Å²) < 4.78 is 7.15. The Hall–Kier alpha value is -4.24. The first kappa shape index (κ1) is 26.4. The predicted molar refractivity (Wildman–Crippen MR) is 152 cm³/mol. The molecule has 2 aromatic heterocycles. The summed E-state index contributed by atoms with van der Waals surface area (Å²) in [5.74, 6) is 1.06. The zero-order valence-corrected chi connectivity index (χ0v) is 22.6. The average Bonchev–Trinajstić information content (AvgIpc) is 2.94. The number of aromatic nitrogens is 3. The van der Waals surface area contributed by atoms with Gasteiger partial charge in [0.2, 0.25) is 5.95 Å². The van der Waals surface area contributed by atoms with Crippen LogP contribution < -0.4 is 15.6 Å². The molecule has 9 heteroatoms. The number of nitrogens with zero attached hydrogens (tertiary/aromatic N) is 5. The molecule has 9 nitrogen and oxygen atoms in total. The van der Waals surface area contributed by atoms with E-state index in [1.54, 1.807) is 39.9 Å². The number of pyridine rings is 1. The van der Waals surface area contributed by atoms with Crippen LogP contribution in [-0.2, 0) is 6.54 Å². The minimum Gasteiger partial charge on any atom is -0.410 e. The van der Waals surface area contributed by atoms with Gasteiger partial charge in [-0.1, -0.05) is 42.5 Å². The standard InChI is InChI=1S/C30H34N6O3/c1-21(2)36-27(37)14-13-25-19-31-29(33-28(25)36)32-22(3)24-11-9-23(10-12-24)20-34-15-17-35(18-16-34)30(38)39-26-7-5-4-6-8-26/h4-14,19,21-22H,15-18,20H2,1-3H3,(H,31,32,33)/t22-/m0/s1. The van der Waals surface area contributed by atoms with E-state index in [1.165, 1.54) is 5.56 Å². The molecule has 5 rings (SSSR count). The molecule has 3 heterocycles. The molecule has 0 spiro atoms. The third kappa shape index (κ3) is 6.26. The van der Waals surface area contributed by atoms with E-state index in [4.69, 9.17) is 4.74 Å². The van der Waals surface area contributed by atoms with Gasteiger partial charge in [0, 0.05) is 56.4 Å². The van der Waals surface area contributed by atoms with Gasteiger partial charge in [0.15, 0.2) is 0 Å². The van der Waals surface area contributed by atoms with E-state index in [0.717, 1.165) is 30.6 Å². The lowest BCUT2D eigenvalue weighted by Gasteiger charge is -2.34. The van der Waals surface area contributed by atoms with Crippen molar-refractivity contribution >= 4 is 23.1 Å². The van der Waals surface area contributed by atoms with E-state index in [-0.39, 0.29) is 23.7 Å². The van der Waals surface area contributed by atoms with E-state index < -0.39 is 0 Å². The number of ether oxygens (including phenoxy) is 1. The smallest absolute Gasteiger partial charge is 0.410 e. The molecule has 0 aliphatic carbocycles. The molecule has 1 aliphatic heterocycles. The van der Waals surface area contributed by atoms with Gasteiger partial charge in [-0.3, -0.25) is 14.3 Å². The van der Waals surface area contributed by atoms with E-state index in [1.807, 2.05) is 32.0 Å². The number of amides is 1. The highest BCUT2D eigenvalue weighted by Crippen LogP contribution is 2.21. The normalized spacial score (nSPS) is 14.9. The lowest BCUT2D eigenvalue weighted by atomic mass is 10.1. The maximum absolute atomic E-state index is 12.4. The molecule has 202 valence electrons. The molecular weight excluding hydrogens is 492 g/mol. The van der Waals surface area contributed by atoms with Crippen LogP contribution in [0.4, 0.5) is 10.7 Å². The maximum atomic E-state index is 12.4. The SMILES string of the molecule is CC(C)n1c(=O)ccc2cnc(N[C@@H](C)c3ccc(CN4CCN(C(=O)Oc5ccccc5)CC4)cc3)nc21. The molecule has 1 fully saturated rings. The Labute approximate surface area is 228 Å². The van der Waals surface area contributed by atoms with E-state index in [9.17, 15) is 9.59 Å². The molecule has 2 aromatic carbocycles.